The van der Waals surface area contributed by atoms with Crippen LogP contribution in [0.1, 0.15) is 85.2 Å². The first-order chi connectivity index (χ1) is 18.6. The second kappa shape index (κ2) is 10.5. The van der Waals surface area contributed by atoms with Crippen molar-refractivity contribution < 1.29 is 18.0 Å². The van der Waals surface area contributed by atoms with E-state index in [0.29, 0.717) is 40.8 Å². The van der Waals surface area contributed by atoms with Gasteiger partial charge in [-0.25, -0.2) is 17.9 Å². The van der Waals surface area contributed by atoms with E-state index in [2.05, 4.69) is 15.0 Å². The highest BCUT2D eigenvalue weighted by Crippen LogP contribution is 2.48. The van der Waals surface area contributed by atoms with Crippen LogP contribution in [0, 0.1) is 5.92 Å². The second-order valence-electron chi connectivity index (χ2n) is 10.7. The Kier molecular flexibility index (Phi) is 7.30. The van der Waals surface area contributed by atoms with Crippen LogP contribution in [-0.2, 0) is 10.0 Å². The average Bonchev–Trinajstić information content (AvgIpc) is 3.70. The standard InChI is InChI=1S/C28H34N6O4S/c1-4-34(28(29)36)24-12-23(33-27(35)18-6-5-9-30-14-18)20-11-25(39(37,38)32-13-16(2)3)19-10-22(17-7-8-17)31-15-21(19)26(20)24/h5-6,9-11,14-17,23-24,32H,4,7-8,12-13H2,1-3H3,(H2,29,36)(H,33,35). The Morgan fingerprint density at radius 1 is 1.18 bits per heavy atom. The lowest BCUT2D eigenvalue weighted by Gasteiger charge is -2.28. The molecule has 0 saturated heterocycles. The predicted octanol–water partition coefficient (Wildman–Crippen LogP) is 3.76. The number of nitrogens with zero attached hydrogens (tertiary/aromatic N) is 3. The summed E-state index contributed by atoms with van der Waals surface area (Å²) in [6.45, 7) is 6.36. The van der Waals surface area contributed by atoms with Crippen molar-refractivity contribution in [3.8, 4) is 0 Å². The Labute approximate surface area is 228 Å². The molecule has 3 amide bonds. The number of nitrogens with two attached hydrogens (primary N) is 1. The number of carbonyl (C=O) groups excluding carboxylic acids is 2. The number of carbonyl (C=O) groups is 2. The quantitative estimate of drug-likeness (QED) is 0.370. The maximum absolute atomic E-state index is 13.7. The SMILES string of the molecule is CCN(C(N)=O)C1CC(NC(=O)c2cccnc2)c2cc(S(=O)(=O)NCC(C)C)c3cc(C4CC4)ncc3c21. The Bertz CT molecular complexity index is 1520. The third kappa shape index (κ3) is 5.33. The highest BCUT2D eigenvalue weighted by atomic mass is 32.2. The molecule has 2 atom stereocenters. The summed E-state index contributed by atoms with van der Waals surface area (Å²) in [4.78, 5) is 36.0. The van der Waals surface area contributed by atoms with Crippen LogP contribution in [-0.4, -0.2) is 48.3 Å². The first-order valence-corrected chi connectivity index (χ1v) is 14.8. The van der Waals surface area contributed by atoms with Crippen molar-refractivity contribution in [3.05, 3.63) is 65.2 Å². The molecular weight excluding hydrogens is 516 g/mol. The molecule has 11 heteroatoms. The molecule has 5 rings (SSSR count). The minimum absolute atomic E-state index is 0.119. The minimum atomic E-state index is -3.89. The average molecular weight is 551 g/mol. The summed E-state index contributed by atoms with van der Waals surface area (Å²) in [7, 11) is -3.89. The van der Waals surface area contributed by atoms with Crippen LogP contribution in [0.5, 0.6) is 0 Å². The molecule has 0 bridgehead atoms. The third-order valence-corrected chi connectivity index (χ3v) is 8.91. The van der Waals surface area contributed by atoms with Gasteiger partial charge in [0.05, 0.1) is 22.5 Å². The van der Waals surface area contributed by atoms with Gasteiger partial charge in [0.25, 0.3) is 5.91 Å². The Balaban J connectivity index is 1.70. The zero-order chi connectivity index (χ0) is 27.9. The summed E-state index contributed by atoms with van der Waals surface area (Å²) in [6, 6.07) is 5.26. The van der Waals surface area contributed by atoms with Crippen molar-refractivity contribution >= 4 is 32.7 Å². The molecule has 1 saturated carbocycles. The normalized spacial score (nSPS) is 18.8. The molecule has 0 radical (unpaired) electrons. The first kappa shape index (κ1) is 27.0. The molecular formula is C28H34N6O4S. The van der Waals surface area contributed by atoms with Gasteiger partial charge >= 0.3 is 6.03 Å². The number of nitrogens with one attached hydrogen (secondary N) is 2. The largest absolute Gasteiger partial charge is 0.351 e. The van der Waals surface area contributed by atoms with E-state index in [1.807, 2.05) is 26.8 Å². The van der Waals surface area contributed by atoms with Crippen molar-refractivity contribution in [2.75, 3.05) is 13.1 Å². The Morgan fingerprint density at radius 2 is 1.95 bits per heavy atom. The molecule has 39 heavy (non-hydrogen) atoms. The van der Waals surface area contributed by atoms with Gasteiger partial charge < -0.3 is 16.0 Å². The highest BCUT2D eigenvalue weighted by Gasteiger charge is 2.40. The van der Waals surface area contributed by atoms with Crippen molar-refractivity contribution in [3.63, 3.8) is 0 Å². The van der Waals surface area contributed by atoms with Crippen LogP contribution in [0.15, 0.2) is 47.8 Å². The van der Waals surface area contributed by atoms with Crippen LogP contribution in [0.2, 0.25) is 0 Å². The van der Waals surface area contributed by atoms with E-state index < -0.39 is 28.1 Å². The fourth-order valence-electron chi connectivity index (χ4n) is 5.34. The van der Waals surface area contributed by atoms with Crippen LogP contribution in [0.4, 0.5) is 4.79 Å². The first-order valence-electron chi connectivity index (χ1n) is 13.3. The maximum Gasteiger partial charge on any atom is 0.315 e. The van der Waals surface area contributed by atoms with Crippen LogP contribution >= 0.6 is 0 Å². The summed E-state index contributed by atoms with van der Waals surface area (Å²) in [5.74, 6) is 0.0992. The summed E-state index contributed by atoms with van der Waals surface area (Å²) >= 11 is 0. The minimum Gasteiger partial charge on any atom is -0.351 e. The number of hydrogen-bond donors (Lipinski definition) is 3. The predicted molar refractivity (Wildman–Crippen MR) is 148 cm³/mol. The van der Waals surface area contributed by atoms with Crippen molar-refractivity contribution in [2.24, 2.45) is 11.7 Å². The molecule has 2 aliphatic rings. The number of pyridine rings is 2. The molecule has 206 valence electrons. The molecule has 0 aliphatic heterocycles. The number of primary amides is 1. The lowest BCUT2D eigenvalue weighted by atomic mass is 9.98. The number of benzene rings is 1. The van der Waals surface area contributed by atoms with Crippen LogP contribution in [0.3, 0.4) is 0 Å². The molecule has 4 N–H and O–H groups in total. The van der Waals surface area contributed by atoms with Crippen LogP contribution in [0.25, 0.3) is 10.8 Å². The summed E-state index contributed by atoms with van der Waals surface area (Å²) in [5, 5.41) is 4.24. The van der Waals surface area contributed by atoms with Gasteiger partial charge in [0.2, 0.25) is 10.0 Å². The fourth-order valence-corrected chi connectivity index (χ4v) is 6.79. The molecule has 3 aromatic rings. The van der Waals surface area contributed by atoms with Crippen LogP contribution < -0.4 is 15.8 Å². The molecule has 2 heterocycles. The molecule has 2 unspecified atom stereocenters. The van der Waals surface area contributed by atoms with Gasteiger partial charge in [-0.1, -0.05) is 13.8 Å². The van der Waals surface area contributed by atoms with Crippen molar-refractivity contribution in [2.45, 2.75) is 62.9 Å². The number of fused-ring (bicyclic) bond motifs is 3. The van der Waals surface area contributed by atoms with Crippen molar-refractivity contribution in [1.82, 2.24) is 24.9 Å². The zero-order valence-corrected chi connectivity index (χ0v) is 23.2. The smallest absolute Gasteiger partial charge is 0.315 e. The molecule has 0 spiro atoms. The van der Waals surface area contributed by atoms with Gasteiger partial charge in [0.1, 0.15) is 0 Å². The van der Waals surface area contributed by atoms with E-state index in [4.69, 9.17) is 10.7 Å². The zero-order valence-electron chi connectivity index (χ0n) is 22.3. The fraction of sp³-hybridized carbons (Fsp3) is 0.429. The van der Waals surface area contributed by atoms with E-state index >= 15 is 0 Å². The lowest BCUT2D eigenvalue weighted by molar-refractivity contribution is 0.0932. The number of aromatic nitrogens is 2. The maximum atomic E-state index is 13.7. The Hall–Kier alpha value is -3.57. The number of rotatable bonds is 9. The lowest BCUT2D eigenvalue weighted by Crippen LogP contribution is -2.38. The molecule has 1 aromatic carbocycles. The van der Waals surface area contributed by atoms with Gasteiger partial charge in [0, 0.05) is 54.1 Å². The van der Waals surface area contributed by atoms with E-state index in [0.717, 1.165) is 24.1 Å². The topological polar surface area (TPSA) is 147 Å². The molecule has 2 aromatic heterocycles. The number of sulfonamides is 1. The third-order valence-electron chi connectivity index (χ3n) is 7.44. The number of amides is 3. The molecule has 1 fully saturated rings. The van der Waals surface area contributed by atoms with Gasteiger partial charge in [-0.05, 0) is 67.5 Å². The number of urea groups is 1. The monoisotopic (exact) mass is 550 g/mol. The van der Waals surface area contributed by atoms with E-state index in [-0.39, 0.29) is 23.3 Å². The molecule has 2 aliphatic carbocycles. The van der Waals surface area contributed by atoms with Gasteiger partial charge in [0.15, 0.2) is 0 Å². The van der Waals surface area contributed by atoms with Gasteiger partial charge in [-0.3, -0.25) is 14.8 Å². The van der Waals surface area contributed by atoms with E-state index in [9.17, 15) is 18.0 Å². The molecule has 10 nitrogen and oxygen atoms in total. The number of hydrogen-bond acceptors (Lipinski definition) is 6. The summed E-state index contributed by atoms with van der Waals surface area (Å²) in [6.07, 6.45) is 7.16. The highest BCUT2D eigenvalue weighted by molar-refractivity contribution is 7.89. The Morgan fingerprint density at radius 3 is 2.56 bits per heavy atom. The van der Waals surface area contributed by atoms with E-state index in [1.54, 1.807) is 35.5 Å². The summed E-state index contributed by atoms with van der Waals surface area (Å²) < 4.78 is 30.1. The van der Waals surface area contributed by atoms with Gasteiger partial charge in [-0.15, -0.1) is 0 Å². The van der Waals surface area contributed by atoms with E-state index in [1.165, 1.54) is 6.20 Å². The second-order valence-corrected chi connectivity index (χ2v) is 12.4. The van der Waals surface area contributed by atoms with Crippen molar-refractivity contribution in [1.29, 1.82) is 0 Å². The van der Waals surface area contributed by atoms with Gasteiger partial charge in [-0.2, -0.15) is 0 Å². The summed E-state index contributed by atoms with van der Waals surface area (Å²) in [5.41, 5.74) is 8.42.